The zero-order valence-corrected chi connectivity index (χ0v) is 12.5. The summed E-state index contributed by atoms with van der Waals surface area (Å²) in [5.41, 5.74) is 2.38. The van der Waals surface area contributed by atoms with Gasteiger partial charge in [-0.3, -0.25) is 9.88 Å². The van der Waals surface area contributed by atoms with Crippen molar-refractivity contribution in [2.45, 2.75) is 65.1 Å². The number of likely N-dealkylation sites (tertiary alicyclic amines) is 1. The zero-order chi connectivity index (χ0) is 13.7. The van der Waals surface area contributed by atoms with Gasteiger partial charge >= 0.3 is 0 Å². The summed E-state index contributed by atoms with van der Waals surface area (Å²) in [6.07, 6.45) is 7.07. The van der Waals surface area contributed by atoms with Crippen LogP contribution in [0.1, 0.15) is 52.1 Å². The Hall–Kier alpha value is -1.09. The van der Waals surface area contributed by atoms with Gasteiger partial charge in [-0.05, 0) is 45.2 Å². The van der Waals surface area contributed by atoms with Crippen LogP contribution < -0.4 is 5.32 Å². The summed E-state index contributed by atoms with van der Waals surface area (Å²) in [5.74, 6) is 0. The Kier molecular flexibility index (Phi) is 5.20. The van der Waals surface area contributed by atoms with E-state index in [9.17, 15) is 0 Å². The molecule has 2 unspecified atom stereocenters. The van der Waals surface area contributed by atoms with Crippen LogP contribution in [0.15, 0.2) is 18.3 Å². The SMILES string of the molecule is CCCNc1ccnc(CN2C(C)CCCC2C)c1. The third-order valence-corrected chi connectivity index (χ3v) is 4.12. The third kappa shape index (κ3) is 3.93. The number of nitrogens with zero attached hydrogens (tertiary/aromatic N) is 2. The fraction of sp³-hybridized carbons (Fsp3) is 0.688. The molecule has 0 saturated carbocycles. The van der Waals surface area contributed by atoms with Gasteiger partial charge in [0.05, 0.1) is 5.69 Å². The van der Waals surface area contributed by atoms with E-state index in [1.54, 1.807) is 0 Å². The van der Waals surface area contributed by atoms with E-state index in [4.69, 9.17) is 0 Å². The first-order valence-electron chi connectivity index (χ1n) is 7.65. The van der Waals surface area contributed by atoms with Gasteiger partial charge in [0.15, 0.2) is 0 Å². The maximum atomic E-state index is 4.53. The Balaban J connectivity index is 2.01. The standard InChI is InChI=1S/C16H27N3/c1-4-9-17-15-8-10-18-16(11-15)12-19-13(2)6-5-7-14(19)3/h8,10-11,13-14H,4-7,9,12H2,1-3H3,(H,17,18). The van der Waals surface area contributed by atoms with Crippen LogP contribution in [0, 0.1) is 0 Å². The van der Waals surface area contributed by atoms with E-state index in [0.29, 0.717) is 12.1 Å². The molecular weight excluding hydrogens is 234 g/mol. The van der Waals surface area contributed by atoms with Crippen LogP contribution in [0.5, 0.6) is 0 Å². The summed E-state index contributed by atoms with van der Waals surface area (Å²) < 4.78 is 0. The molecule has 1 fully saturated rings. The second kappa shape index (κ2) is 6.90. The molecule has 1 aliphatic rings. The predicted octanol–water partition coefficient (Wildman–Crippen LogP) is 3.67. The third-order valence-electron chi connectivity index (χ3n) is 4.12. The summed E-state index contributed by atoms with van der Waals surface area (Å²) in [7, 11) is 0. The highest BCUT2D eigenvalue weighted by atomic mass is 15.2. The lowest BCUT2D eigenvalue weighted by molar-refractivity contribution is 0.0938. The molecule has 2 rings (SSSR count). The first kappa shape index (κ1) is 14.3. The molecule has 19 heavy (non-hydrogen) atoms. The number of aromatic nitrogens is 1. The van der Waals surface area contributed by atoms with Gasteiger partial charge in [-0.15, -0.1) is 0 Å². The number of nitrogens with one attached hydrogen (secondary N) is 1. The van der Waals surface area contributed by atoms with E-state index < -0.39 is 0 Å². The highest BCUT2D eigenvalue weighted by Crippen LogP contribution is 2.24. The van der Waals surface area contributed by atoms with Crippen LogP contribution in [-0.2, 0) is 6.54 Å². The fourth-order valence-electron chi connectivity index (χ4n) is 2.92. The maximum Gasteiger partial charge on any atom is 0.0564 e. The van der Waals surface area contributed by atoms with Gasteiger partial charge in [0.1, 0.15) is 0 Å². The Morgan fingerprint density at radius 1 is 1.32 bits per heavy atom. The number of pyridine rings is 1. The van der Waals surface area contributed by atoms with E-state index in [-0.39, 0.29) is 0 Å². The van der Waals surface area contributed by atoms with Gasteiger partial charge in [0.2, 0.25) is 0 Å². The van der Waals surface area contributed by atoms with E-state index in [1.165, 1.54) is 30.6 Å². The molecule has 0 aromatic carbocycles. The van der Waals surface area contributed by atoms with E-state index in [1.807, 2.05) is 6.20 Å². The number of anilines is 1. The van der Waals surface area contributed by atoms with Crippen molar-refractivity contribution in [1.82, 2.24) is 9.88 Å². The van der Waals surface area contributed by atoms with Crippen LogP contribution in [0.4, 0.5) is 5.69 Å². The molecule has 2 heterocycles. The minimum absolute atomic E-state index is 0.679. The summed E-state index contributed by atoms with van der Waals surface area (Å²) in [6.45, 7) is 8.87. The van der Waals surface area contributed by atoms with E-state index in [2.05, 4.69) is 48.1 Å². The Bertz CT molecular complexity index is 381. The van der Waals surface area contributed by atoms with Gasteiger partial charge < -0.3 is 5.32 Å². The molecule has 3 heteroatoms. The fourth-order valence-corrected chi connectivity index (χ4v) is 2.92. The van der Waals surface area contributed by atoms with Crippen LogP contribution in [0.3, 0.4) is 0 Å². The van der Waals surface area contributed by atoms with Gasteiger partial charge in [0.25, 0.3) is 0 Å². The molecule has 106 valence electrons. The molecule has 2 atom stereocenters. The molecule has 1 aromatic heterocycles. The number of hydrogen-bond acceptors (Lipinski definition) is 3. The number of rotatable bonds is 5. The van der Waals surface area contributed by atoms with Crippen LogP contribution >= 0.6 is 0 Å². The van der Waals surface area contributed by atoms with Crippen molar-refractivity contribution in [1.29, 1.82) is 0 Å². The Morgan fingerprint density at radius 2 is 2.05 bits per heavy atom. The number of piperidine rings is 1. The second-order valence-electron chi connectivity index (χ2n) is 5.76. The molecule has 1 N–H and O–H groups in total. The minimum Gasteiger partial charge on any atom is -0.385 e. The van der Waals surface area contributed by atoms with Gasteiger partial charge in [-0.1, -0.05) is 13.3 Å². The van der Waals surface area contributed by atoms with Crippen molar-refractivity contribution in [2.75, 3.05) is 11.9 Å². The summed E-state index contributed by atoms with van der Waals surface area (Å²) in [5, 5.41) is 3.44. The lowest BCUT2D eigenvalue weighted by Crippen LogP contribution is -2.43. The van der Waals surface area contributed by atoms with Crippen molar-refractivity contribution in [3.05, 3.63) is 24.0 Å². The van der Waals surface area contributed by atoms with Crippen LogP contribution in [0.25, 0.3) is 0 Å². The van der Waals surface area contributed by atoms with Gasteiger partial charge in [0, 0.05) is 37.1 Å². The van der Waals surface area contributed by atoms with Gasteiger partial charge in [-0.25, -0.2) is 0 Å². The zero-order valence-electron chi connectivity index (χ0n) is 12.5. The van der Waals surface area contributed by atoms with Gasteiger partial charge in [-0.2, -0.15) is 0 Å². The molecule has 0 spiro atoms. The van der Waals surface area contributed by atoms with E-state index in [0.717, 1.165) is 19.5 Å². The molecule has 0 bridgehead atoms. The van der Waals surface area contributed by atoms with Crippen molar-refractivity contribution < 1.29 is 0 Å². The molecule has 1 aromatic rings. The molecule has 0 amide bonds. The molecule has 0 aliphatic carbocycles. The summed E-state index contributed by atoms with van der Waals surface area (Å²) in [6, 6.07) is 5.61. The largest absolute Gasteiger partial charge is 0.385 e. The average Bonchev–Trinajstić information content (AvgIpc) is 2.41. The summed E-state index contributed by atoms with van der Waals surface area (Å²) >= 11 is 0. The second-order valence-corrected chi connectivity index (χ2v) is 5.76. The lowest BCUT2D eigenvalue weighted by Gasteiger charge is -2.38. The van der Waals surface area contributed by atoms with Crippen molar-refractivity contribution >= 4 is 5.69 Å². The minimum atomic E-state index is 0.679. The maximum absolute atomic E-state index is 4.53. The van der Waals surface area contributed by atoms with Crippen LogP contribution in [-0.4, -0.2) is 28.5 Å². The number of hydrogen-bond donors (Lipinski definition) is 1. The highest BCUT2D eigenvalue weighted by molar-refractivity contribution is 5.43. The topological polar surface area (TPSA) is 28.2 Å². The van der Waals surface area contributed by atoms with E-state index >= 15 is 0 Å². The van der Waals surface area contributed by atoms with Crippen molar-refractivity contribution in [2.24, 2.45) is 0 Å². The Morgan fingerprint density at radius 3 is 2.74 bits per heavy atom. The summed E-state index contributed by atoms with van der Waals surface area (Å²) in [4.78, 5) is 7.12. The van der Waals surface area contributed by atoms with Crippen molar-refractivity contribution in [3.63, 3.8) is 0 Å². The molecular formula is C16H27N3. The van der Waals surface area contributed by atoms with Crippen molar-refractivity contribution in [3.8, 4) is 0 Å². The molecule has 0 radical (unpaired) electrons. The smallest absolute Gasteiger partial charge is 0.0564 e. The van der Waals surface area contributed by atoms with Crippen LogP contribution in [0.2, 0.25) is 0 Å². The molecule has 3 nitrogen and oxygen atoms in total. The quantitative estimate of drug-likeness (QED) is 0.876. The lowest BCUT2D eigenvalue weighted by atomic mass is 9.97. The molecule has 1 aliphatic heterocycles. The Labute approximate surface area is 117 Å². The normalized spacial score (nSPS) is 24.4. The predicted molar refractivity (Wildman–Crippen MR) is 81.3 cm³/mol. The first-order valence-corrected chi connectivity index (χ1v) is 7.65. The first-order chi connectivity index (χ1) is 9.20. The molecule has 1 saturated heterocycles. The average molecular weight is 261 g/mol. The highest BCUT2D eigenvalue weighted by Gasteiger charge is 2.24. The monoisotopic (exact) mass is 261 g/mol.